The minimum absolute atomic E-state index is 0.136. The number of hydrogen-bond acceptors (Lipinski definition) is 4. The quantitative estimate of drug-likeness (QED) is 0.737. The van der Waals surface area contributed by atoms with Gasteiger partial charge in [-0.2, -0.15) is 0 Å². The molecule has 0 radical (unpaired) electrons. The zero-order valence-electron chi connectivity index (χ0n) is 12.7. The summed E-state index contributed by atoms with van der Waals surface area (Å²) in [7, 11) is 0. The maximum Gasteiger partial charge on any atom is 0.410 e. The fraction of sp³-hybridized carbons (Fsp3) is 0.562. The summed E-state index contributed by atoms with van der Waals surface area (Å²) in [6.07, 6.45) is -0.444. The highest BCUT2D eigenvalue weighted by Crippen LogP contribution is 2.38. The zero-order valence-corrected chi connectivity index (χ0v) is 12.7. The molecule has 2 atom stereocenters. The Bertz CT molecular complexity index is 537. The average Bonchev–Trinajstić information content (AvgIpc) is 2.44. The number of benzene rings is 1. The Morgan fingerprint density at radius 3 is 2.86 bits per heavy atom. The van der Waals surface area contributed by atoms with Gasteiger partial charge >= 0.3 is 6.09 Å². The number of carbonyl (C=O) groups is 1. The van der Waals surface area contributed by atoms with Crippen LogP contribution < -0.4 is 4.74 Å². The minimum Gasteiger partial charge on any atom is -0.491 e. The normalized spacial score (nSPS) is 24.6. The fourth-order valence-electron chi connectivity index (χ4n) is 2.76. The van der Waals surface area contributed by atoms with Crippen LogP contribution in [0, 0.1) is 0 Å². The second kappa shape index (κ2) is 5.22. The van der Waals surface area contributed by atoms with E-state index in [1.165, 1.54) is 0 Å². The molecule has 0 spiro atoms. The van der Waals surface area contributed by atoms with Crippen LogP contribution in [-0.2, 0) is 9.47 Å². The molecule has 1 aromatic rings. The van der Waals surface area contributed by atoms with Crippen LogP contribution in [0.25, 0.3) is 0 Å². The van der Waals surface area contributed by atoms with E-state index in [0.29, 0.717) is 19.8 Å². The number of amides is 1. The summed E-state index contributed by atoms with van der Waals surface area (Å²) >= 11 is 0. The number of nitrogens with zero attached hydrogens (tertiary/aromatic N) is 1. The Labute approximate surface area is 124 Å². The molecule has 0 N–H and O–H groups in total. The number of para-hydroxylation sites is 1. The molecule has 21 heavy (non-hydrogen) atoms. The largest absolute Gasteiger partial charge is 0.491 e. The first kappa shape index (κ1) is 14.2. The van der Waals surface area contributed by atoms with Crippen molar-refractivity contribution in [3.05, 3.63) is 29.8 Å². The number of ether oxygens (including phenoxy) is 3. The highest BCUT2D eigenvalue weighted by Gasteiger charge is 2.42. The Kier molecular flexibility index (Phi) is 3.53. The van der Waals surface area contributed by atoms with Crippen LogP contribution in [0.1, 0.15) is 32.4 Å². The molecule has 0 aromatic heterocycles. The number of carbonyl (C=O) groups excluding carboxylic acids is 1. The molecule has 0 saturated carbocycles. The lowest BCUT2D eigenvalue weighted by Crippen LogP contribution is -2.55. The predicted octanol–water partition coefficient (Wildman–Crippen LogP) is 2.76. The van der Waals surface area contributed by atoms with Crippen molar-refractivity contribution in [3.8, 4) is 5.75 Å². The molecule has 2 aliphatic heterocycles. The highest BCUT2D eigenvalue weighted by atomic mass is 16.6. The van der Waals surface area contributed by atoms with Gasteiger partial charge in [-0.25, -0.2) is 4.79 Å². The van der Waals surface area contributed by atoms with Crippen molar-refractivity contribution in [3.63, 3.8) is 0 Å². The van der Waals surface area contributed by atoms with Crippen molar-refractivity contribution in [1.29, 1.82) is 0 Å². The van der Waals surface area contributed by atoms with Gasteiger partial charge in [-0.3, -0.25) is 4.90 Å². The number of rotatable bonds is 0. The minimum atomic E-state index is -0.502. The van der Waals surface area contributed by atoms with Crippen LogP contribution in [0.5, 0.6) is 5.75 Å². The number of morpholine rings is 1. The van der Waals surface area contributed by atoms with E-state index in [-0.39, 0.29) is 18.2 Å². The van der Waals surface area contributed by atoms with E-state index in [2.05, 4.69) is 0 Å². The molecule has 1 amide bonds. The molecular weight excluding hydrogens is 270 g/mol. The summed E-state index contributed by atoms with van der Waals surface area (Å²) in [6, 6.07) is 7.68. The summed E-state index contributed by atoms with van der Waals surface area (Å²) in [5, 5.41) is 0. The third-order valence-corrected chi connectivity index (χ3v) is 3.64. The lowest BCUT2D eigenvalue weighted by molar-refractivity contribution is -0.0964. The first-order chi connectivity index (χ1) is 9.96. The first-order valence-electron chi connectivity index (χ1n) is 7.29. The number of fused-ring (bicyclic) bond motifs is 3. The molecule has 5 heteroatoms. The molecule has 5 nitrogen and oxygen atoms in total. The van der Waals surface area contributed by atoms with E-state index in [4.69, 9.17) is 14.2 Å². The lowest BCUT2D eigenvalue weighted by Gasteiger charge is -2.44. The number of hydrogen-bond donors (Lipinski definition) is 0. The van der Waals surface area contributed by atoms with Crippen LogP contribution in [0.2, 0.25) is 0 Å². The summed E-state index contributed by atoms with van der Waals surface area (Å²) in [6.45, 7) is 7.08. The van der Waals surface area contributed by atoms with E-state index in [9.17, 15) is 4.79 Å². The maximum atomic E-state index is 12.4. The van der Waals surface area contributed by atoms with Gasteiger partial charge in [0, 0.05) is 12.1 Å². The predicted molar refractivity (Wildman–Crippen MR) is 77.4 cm³/mol. The van der Waals surface area contributed by atoms with Crippen LogP contribution >= 0.6 is 0 Å². The van der Waals surface area contributed by atoms with Crippen molar-refractivity contribution in [1.82, 2.24) is 4.90 Å². The highest BCUT2D eigenvalue weighted by molar-refractivity contribution is 5.69. The summed E-state index contributed by atoms with van der Waals surface area (Å²) in [5.41, 5.74) is 0.500. The zero-order chi connectivity index (χ0) is 15.0. The van der Waals surface area contributed by atoms with E-state index < -0.39 is 5.60 Å². The lowest BCUT2D eigenvalue weighted by atomic mass is 9.97. The van der Waals surface area contributed by atoms with Gasteiger partial charge in [0.1, 0.15) is 24.1 Å². The van der Waals surface area contributed by atoms with Crippen molar-refractivity contribution < 1.29 is 19.0 Å². The first-order valence-corrected chi connectivity index (χ1v) is 7.29. The summed E-state index contributed by atoms with van der Waals surface area (Å²) < 4.78 is 17.2. The topological polar surface area (TPSA) is 48.0 Å². The fourth-order valence-corrected chi connectivity index (χ4v) is 2.76. The average molecular weight is 291 g/mol. The van der Waals surface area contributed by atoms with Gasteiger partial charge in [-0.1, -0.05) is 18.2 Å². The van der Waals surface area contributed by atoms with Gasteiger partial charge in [0.15, 0.2) is 0 Å². The van der Waals surface area contributed by atoms with E-state index in [1.54, 1.807) is 4.90 Å². The molecule has 0 aliphatic carbocycles. The Balaban J connectivity index is 1.82. The molecule has 1 aromatic carbocycles. The van der Waals surface area contributed by atoms with Crippen molar-refractivity contribution >= 4 is 6.09 Å². The molecule has 2 aliphatic rings. The van der Waals surface area contributed by atoms with Crippen molar-refractivity contribution in [2.45, 2.75) is 38.5 Å². The van der Waals surface area contributed by atoms with Gasteiger partial charge in [-0.15, -0.1) is 0 Å². The monoisotopic (exact) mass is 291 g/mol. The van der Waals surface area contributed by atoms with Gasteiger partial charge < -0.3 is 14.2 Å². The second-order valence-electron chi connectivity index (χ2n) is 6.38. The molecule has 1 fully saturated rings. The van der Waals surface area contributed by atoms with Crippen LogP contribution in [0.3, 0.4) is 0 Å². The van der Waals surface area contributed by atoms with Gasteiger partial charge in [-0.05, 0) is 26.8 Å². The Morgan fingerprint density at radius 2 is 2.10 bits per heavy atom. The SMILES string of the molecule is CC(C)(C)OC(=O)N1CCO[C@@H]2c3ccccc3OC[C@H]21. The third-order valence-electron chi connectivity index (χ3n) is 3.64. The summed E-state index contributed by atoms with van der Waals surface area (Å²) in [5.74, 6) is 0.838. The molecule has 2 heterocycles. The van der Waals surface area contributed by atoms with Crippen molar-refractivity contribution in [2.24, 2.45) is 0 Å². The van der Waals surface area contributed by atoms with Crippen LogP contribution in [0.15, 0.2) is 24.3 Å². The molecule has 1 saturated heterocycles. The molecule has 0 unspecified atom stereocenters. The Morgan fingerprint density at radius 1 is 1.33 bits per heavy atom. The van der Waals surface area contributed by atoms with Gasteiger partial charge in [0.2, 0.25) is 0 Å². The van der Waals surface area contributed by atoms with E-state index in [1.807, 2.05) is 45.0 Å². The van der Waals surface area contributed by atoms with Gasteiger partial charge in [0.05, 0.1) is 12.6 Å². The summed E-state index contributed by atoms with van der Waals surface area (Å²) in [4.78, 5) is 14.1. The molecule has 114 valence electrons. The molecule has 3 rings (SSSR count). The second-order valence-corrected chi connectivity index (χ2v) is 6.38. The molecule has 0 bridgehead atoms. The maximum absolute atomic E-state index is 12.4. The smallest absolute Gasteiger partial charge is 0.410 e. The van der Waals surface area contributed by atoms with E-state index >= 15 is 0 Å². The van der Waals surface area contributed by atoms with E-state index in [0.717, 1.165) is 11.3 Å². The van der Waals surface area contributed by atoms with Gasteiger partial charge in [0.25, 0.3) is 0 Å². The standard InChI is InChI=1S/C16H21NO4/c1-16(2,3)21-15(18)17-8-9-19-14-11-6-4-5-7-13(11)20-10-12(14)17/h4-7,12,14H,8-10H2,1-3H3/t12-,14-/m1/s1. The molecular formula is C16H21NO4. The third kappa shape index (κ3) is 2.83. The van der Waals surface area contributed by atoms with Crippen LogP contribution in [0.4, 0.5) is 4.79 Å². The Hall–Kier alpha value is -1.75. The van der Waals surface area contributed by atoms with Crippen molar-refractivity contribution in [2.75, 3.05) is 19.8 Å². The van der Waals surface area contributed by atoms with Crippen LogP contribution in [-0.4, -0.2) is 42.4 Å².